The lowest BCUT2D eigenvalue weighted by Gasteiger charge is -2.25. The van der Waals surface area contributed by atoms with Crippen LogP contribution >= 0.6 is 15.9 Å². The number of amides is 1. The molecule has 0 saturated heterocycles. The van der Waals surface area contributed by atoms with Gasteiger partial charge in [0.25, 0.3) is 5.91 Å². The van der Waals surface area contributed by atoms with E-state index in [-0.39, 0.29) is 17.1 Å². The number of hydrogen-bond donors (Lipinski definition) is 0. The first-order valence-electron chi connectivity index (χ1n) is 9.82. The summed E-state index contributed by atoms with van der Waals surface area (Å²) < 4.78 is 12.1. The van der Waals surface area contributed by atoms with Crippen molar-refractivity contribution in [2.75, 3.05) is 7.11 Å². The van der Waals surface area contributed by atoms with Gasteiger partial charge in [-0.2, -0.15) is 0 Å². The van der Waals surface area contributed by atoms with Crippen LogP contribution in [-0.2, 0) is 6.54 Å². The standard InChI is InChI=1S/C25H18BrNO4/c1-30-18-9-5-8-16(12-18)22-21-23(28)19-13-17(26)10-11-20(19)31-24(21)25(29)27(22)14-15-6-3-2-4-7-15/h2-13,22H,14H2,1H3. The molecule has 3 aromatic carbocycles. The molecule has 0 radical (unpaired) electrons. The second-order valence-corrected chi connectivity index (χ2v) is 8.33. The zero-order valence-electron chi connectivity index (χ0n) is 16.7. The average molecular weight is 476 g/mol. The molecule has 6 heteroatoms. The van der Waals surface area contributed by atoms with Crippen molar-refractivity contribution in [2.45, 2.75) is 12.6 Å². The van der Waals surface area contributed by atoms with E-state index in [2.05, 4.69) is 15.9 Å². The SMILES string of the molecule is COc1cccc(C2c3c(oc4ccc(Br)cc4c3=O)C(=O)N2Cc2ccccc2)c1. The van der Waals surface area contributed by atoms with Crippen LogP contribution in [0.25, 0.3) is 11.0 Å². The Labute approximate surface area is 187 Å². The van der Waals surface area contributed by atoms with E-state index in [1.54, 1.807) is 30.2 Å². The maximum atomic E-state index is 13.6. The molecule has 0 fully saturated rings. The van der Waals surface area contributed by atoms with Gasteiger partial charge in [-0.25, -0.2) is 0 Å². The Morgan fingerprint density at radius 1 is 1.00 bits per heavy atom. The minimum absolute atomic E-state index is 0.101. The van der Waals surface area contributed by atoms with Crippen molar-refractivity contribution in [3.8, 4) is 5.75 Å². The van der Waals surface area contributed by atoms with Gasteiger partial charge >= 0.3 is 0 Å². The van der Waals surface area contributed by atoms with Gasteiger partial charge in [0.1, 0.15) is 11.3 Å². The molecule has 0 saturated carbocycles. The quantitative estimate of drug-likeness (QED) is 0.401. The highest BCUT2D eigenvalue weighted by atomic mass is 79.9. The molecule has 1 amide bonds. The normalized spacial score (nSPS) is 15.4. The molecule has 1 aromatic heterocycles. The smallest absolute Gasteiger partial charge is 0.291 e. The van der Waals surface area contributed by atoms with Gasteiger partial charge < -0.3 is 14.1 Å². The zero-order chi connectivity index (χ0) is 21.5. The summed E-state index contributed by atoms with van der Waals surface area (Å²) in [7, 11) is 1.59. The van der Waals surface area contributed by atoms with E-state index in [0.29, 0.717) is 28.8 Å². The number of benzene rings is 3. The third kappa shape index (κ3) is 3.33. The molecule has 0 N–H and O–H groups in total. The Morgan fingerprint density at radius 3 is 2.58 bits per heavy atom. The number of rotatable bonds is 4. The van der Waals surface area contributed by atoms with Gasteiger partial charge in [-0.3, -0.25) is 9.59 Å². The minimum atomic E-state index is -0.572. The molecule has 154 valence electrons. The van der Waals surface area contributed by atoms with Gasteiger partial charge in [-0.15, -0.1) is 0 Å². The lowest BCUT2D eigenvalue weighted by molar-refractivity contribution is 0.0714. The lowest BCUT2D eigenvalue weighted by Crippen LogP contribution is -2.29. The Morgan fingerprint density at radius 2 is 1.81 bits per heavy atom. The summed E-state index contributed by atoms with van der Waals surface area (Å²) in [5.74, 6) is 0.461. The lowest BCUT2D eigenvalue weighted by atomic mass is 9.98. The third-order valence-electron chi connectivity index (χ3n) is 5.53. The number of fused-ring (bicyclic) bond motifs is 2. The number of halogens is 1. The summed E-state index contributed by atoms with van der Waals surface area (Å²) in [5.41, 5.74) is 2.32. The van der Waals surface area contributed by atoms with Crippen molar-refractivity contribution >= 4 is 32.8 Å². The highest BCUT2D eigenvalue weighted by Crippen LogP contribution is 2.40. The topological polar surface area (TPSA) is 59.8 Å². The maximum absolute atomic E-state index is 13.6. The molecule has 2 heterocycles. The number of methoxy groups -OCH3 is 1. The van der Waals surface area contributed by atoms with Gasteiger partial charge in [0.05, 0.1) is 24.1 Å². The van der Waals surface area contributed by atoms with Gasteiger partial charge in [0.15, 0.2) is 5.43 Å². The predicted octanol–water partition coefficient (Wildman–Crippen LogP) is 5.31. The fourth-order valence-corrected chi connectivity index (χ4v) is 4.46. The van der Waals surface area contributed by atoms with Gasteiger partial charge in [0.2, 0.25) is 5.76 Å². The number of carbonyl (C=O) groups is 1. The summed E-state index contributed by atoms with van der Waals surface area (Å²) in [4.78, 5) is 28.7. The van der Waals surface area contributed by atoms with E-state index in [4.69, 9.17) is 9.15 Å². The first kappa shape index (κ1) is 19.6. The number of nitrogens with zero attached hydrogens (tertiary/aromatic N) is 1. The van der Waals surface area contributed by atoms with Crippen LogP contribution < -0.4 is 10.2 Å². The number of carbonyl (C=O) groups excluding carboxylic acids is 1. The van der Waals surface area contributed by atoms with E-state index in [1.165, 1.54) is 0 Å². The van der Waals surface area contributed by atoms with Crippen LogP contribution in [0, 0.1) is 0 Å². The summed E-state index contributed by atoms with van der Waals surface area (Å²) in [6.45, 7) is 0.352. The Bertz CT molecular complexity index is 1360. The first-order valence-corrected chi connectivity index (χ1v) is 10.6. The van der Waals surface area contributed by atoms with Crippen molar-refractivity contribution in [3.05, 3.63) is 110 Å². The molecule has 1 atom stereocenters. The van der Waals surface area contributed by atoms with E-state index < -0.39 is 6.04 Å². The third-order valence-corrected chi connectivity index (χ3v) is 6.03. The number of hydrogen-bond acceptors (Lipinski definition) is 4. The van der Waals surface area contributed by atoms with Crippen LogP contribution in [0.15, 0.2) is 86.5 Å². The highest BCUT2D eigenvalue weighted by molar-refractivity contribution is 9.10. The van der Waals surface area contributed by atoms with Crippen molar-refractivity contribution in [3.63, 3.8) is 0 Å². The van der Waals surface area contributed by atoms with E-state index in [1.807, 2.05) is 54.6 Å². The molecule has 1 aliphatic rings. The maximum Gasteiger partial charge on any atom is 0.291 e. The Hall–Kier alpha value is -3.38. The fraction of sp³-hybridized carbons (Fsp3) is 0.120. The van der Waals surface area contributed by atoms with Crippen LogP contribution in [0.1, 0.15) is 33.3 Å². The molecular weight excluding hydrogens is 458 g/mol. The van der Waals surface area contributed by atoms with Gasteiger partial charge in [-0.05, 0) is 41.5 Å². The van der Waals surface area contributed by atoms with Gasteiger partial charge in [0, 0.05) is 11.0 Å². The zero-order valence-corrected chi connectivity index (χ0v) is 18.3. The van der Waals surface area contributed by atoms with Gasteiger partial charge in [-0.1, -0.05) is 58.4 Å². The van der Waals surface area contributed by atoms with Crippen molar-refractivity contribution in [1.29, 1.82) is 0 Å². The number of ether oxygens (including phenoxy) is 1. The molecule has 5 nitrogen and oxygen atoms in total. The van der Waals surface area contributed by atoms with E-state index in [9.17, 15) is 9.59 Å². The summed E-state index contributed by atoms with van der Waals surface area (Å²) in [5, 5.41) is 0.440. The summed E-state index contributed by atoms with van der Waals surface area (Å²) in [6, 6.07) is 21.8. The van der Waals surface area contributed by atoms with Crippen LogP contribution in [0.5, 0.6) is 5.75 Å². The van der Waals surface area contributed by atoms with Crippen molar-refractivity contribution in [2.24, 2.45) is 0 Å². The van der Waals surface area contributed by atoms with Crippen molar-refractivity contribution in [1.82, 2.24) is 4.90 Å². The minimum Gasteiger partial charge on any atom is -0.497 e. The van der Waals surface area contributed by atoms with Crippen molar-refractivity contribution < 1.29 is 13.9 Å². The second-order valence-electron chi connectivity index (χ2n) is 7.41. The Balaban J connectivity index is 1.75. The van der Waals surface area contributed by atoms with Crippen LogP contribution in [0.4, 0.5) is 0 Å². The molecule has 0 aliphatic carbocycles. The molecule has 5 rings (SSSR count). The van der Waals surface area contributed by atoms with E-state index >= 15 is 0 Å². The monoisotopic (exact) mass is 475 g/mol. The average Bonchev–Trinajstić information content (AvgIpc) is 3.07. The summed E-state index contributed by atoms with van der Waals surface area (Å²) in [6.07, 6.45) is 0. The van der Waals surface area contributed by atoms with E-state index in [0.717, 1.165) is 15.6 Å². The van der Waals surface area contributed by atoms with Crippen LogP contribution in [0.2, 0.25) is 0 Å². The molecule has 1 unspecified atom stereocenters. The predicted molar refractivity (Wildman–Crippen MR) is 121 cm³/mol. The molecule has 4 aromatic rings. The molecule has 1 aliphatic heterocycles. The molecule has 0 spiro atoms. The molecular formula is C25H18BrNO4. The van der Waals surface area contributed by atoms with Crippen LogP contribution in [-0.4, -0.2) is 17.9 Å². The Kier molecular flexibility index (Phi) is 4.87. The molecule has 31 heavy (non-hydrogen) atoms. The molecule has 0 bridgehead atoms. The van der Waals surface area contributed by atoms with Crippen LogP contribution in [0.3, 0.4) is 0 Å². The second kappa shape index (κ2) is 7.71. The first-order chi connectivity index (χ1) is 15.1. The fourth-order valence-electron chi connectivity index (χ4n) is 4.09. The highest BCUT2D eigenvalue weighted by Gasteiger charge is 2.42. The summed E-state index contributed by atoms with van der Waals surface area (Å²) >= 11 is 3.42. The largest absolute Gasteiger partial charge is 0.497 e.